The van der Waals surface area contributed by atoms with Gasteiger partial charge in [0, 0.05) is 34.3 Å². The van der Waals surface area contributed by atoms with Crippen LogP contribution in [0.4, 0.5) is 11.4 Å². The third-order valence-corrected chi connectivity index (χ3v) is 3.37. The topological polar surface area (TPSA) is 151 Å². The van der Waals surface area contributed by atoms with Crippen molar-refractivity contribution in [2.45, 2.75) is 0 Å². The third kappa shape index (κ3) is 11.9. The normalized spacial score (nSPS) is 8.31. The Morgan fingerprint density at radius 3 is 1.28 bits per heavy atom. The first-order valence-corrected chi connectivity index (χ1v) is 9.08. The van der Waals surface area contributed by atoms with Crippen molar-refractivity contribution >= 4 is 23.3 Å². The number of hydrogen-bond acceptors (Lipinski definition) is 6. The van der Waals surface area contributed by atoms with Crippen LogP contribution >= 0.6 is 0 Å². The second kappa shape index (κ2) is 15.1. The molecule has 3 rings (SSSR count). The molecular formula is C24H22N4O4. The summed E-state index contributed by atoms with van der Waals surface area (Å²) in [5, 5.41) is 16.7. The van der Waals surface area contributed by atoms with Crippen LogP contribution in [0.3, 0.4) is 0 Å². The van der Waals surface area contributed by atoms with E-state index < -0.39 is 11.9 Å². The minimum absolute atomic E-state index is 0.472. The second-order valence-corrected chi connectivity index (χ2v) is 5.71. The van der Waals surface area contributed by atoms with E-state index in [-0.39, 0.29) is 0 Å². The number of aliphatic carboxylic acids is 2. The molecule has 0 aliphatic rings. The molecule has 0 unspecified atom stereocenters. The lowest BCUT2D eigenvalue weighted by Crippen LogP contribution is -2.05. The summed E-state index contributed by atoms with van der Waals surface area (Å²) in [6.07, 6.45) is 0. The van der Waals surface area contributed by atoms with Gasteiger partial charge < -0.3 is 21.1 Å². The van der Waals surface area contributed by atoms with Gasteiger partial charge in [-0.3, -0.25) is 11.7 Å². The fraction of sp³-hybridized carbons (Fsp3) is 0. The van der Waals surface area contributed by atoms with Gasteiger partial charge in [0.1, 0.15) is 0 Å². The molecular weight excluding hydrogens is 408 g/mol. The molecule has 0 aliphatic carbocycles. The lowest BCUT2D eigenvalue weighted by atomic mass is 10.1. The number of carboxylic acids is 2. The first-order chi connectivity index (χ1) is 15.4. The summed E-state index contributed by atoms with van der Waals surface area (Å²) in [6.45, 7) is 0. The van der Waals surface area contributed by atoms with Gasteiger partial charge in [-0.25, -0.2) is 9.59 Å². The van der Waals surface area contributed by atoms with Crippen molar-refractivity contribution in [2.75, 3.05) is 10.9 Å². The number of nitrogens with two attached hydrogens (primary N) is 2. The Morgan fingerprint density at radius 1 is 0.625 bits per heavy atom. The van der Waals surface area contributed by atoms with Gasteiger partial charge in [0.05, 0.1) is 0 Å². The van der Waals surface area contributed by atoms with Crippen molar-refractivity contribution in [3.8, 4) is 23.7 Å². The summed E-state index contributed by atoms with van der Waals surface area (Å²) in [6, 6.07) is 25.6. The molecule has 0 aromatic heterocycles. The van der Waals surface area contributed by atoms with Crippen LogP contribution in [0.2, 0.25) is 0 Å². The Kier molecular flexibility index (Phi) is 12.0. The predicted molar refractivity (Wildman–Crippen MR) is 124 cm³/mol. The number of nitrogens with one attached hydrogen (secondary N) is 2. The number of carboxylic acid groups (broad SMARTS) is 2. The average Bonchev–Trinajstić information content (AvgIpc) is 2.83. The summed E-state index contributed by atoms with van der Waals surface area (Å²) < 4.78 is 0. The summed E-state index contributed by atoms with van der Waals surface area (Å²) in [5.74, 6) is 16.5. The van der Waals surface area contributed by atoms with Gasteiger partial charge in [0.2, 0.25) is 0 Å². The van der Waals surface area contributed by atoms with Gasteiger partial charge in [-0.1, -0.05) is 54.3 Å². The number of para-hydroxylation sites is 2. The largest absolute Gasteiger partial charge is 0.472 e. The SMILES string of the molecule is NNc1ccccc1.NNc1ccccc1.O=C(O)C#Cc1cccc(C#CC(=O)O)c1. The molecule has 0 fully saturated rings. The van der Waals surface area contributed by atoms with Crippen molar-refractivity contribution in [2.24, 2.45) is 11.7 Å². The zero-order valence-electron chi connectivity index (χ0n) is 16.9. The molecule has 162 valence electrons. The van der Waals surface area contributed by atoms with Crippen molar-refractivity contribution in [1.29, 1.82) is 0 Å². The molecule has 0 amide bonds. The molecule has 0 radical (unpaired) electrons. The zero-order chi connectivity index (χ0) is 23.6. The molecule has 8 N–H and O–H groups in total. The first kappa shape index (κ1) is 25.3. The molecule has 3 aromatic rings. The van der Waals surface area contributed by atoms with Crippen molar-refractivity contribution in [1.82, 2.24) is 0 Å². The van der Waals surface area contributed by atoms with Crippen LogP contribution in [0.15, 0.2) is 84.9 Å². The van der Waals surface area contributed by atoms with E-state index in [0.717, 1.165) is 11.4 Å². The lowest BCUT2D eigenvalue weighted by molar-refractivity contribution is -0.131. The van der Waals surface area contributed by atoms with E-state index in [1.165, 1.54) is 6.07 Å². The van der Waals surface area contributed by atoms with E-state index in [2.05, 4.69) is 22.7 Å². The number of rotatable bonds is 2. The number of nitrogen functional groups attached to an aromatic ring is 2. The Bertz CT molecular complexity index is 1030. The highest BCUT2D eigenvalue weighted by molar-refractivity contribution is 5.88. The van der Waals surface area contributed by atoms with Crippen molar-refractivity contribution in [3.63, 3.8) is 0 Å². The van der Waals surface area contributed by atoms with E-state index in [9.17, 15) is 9.59 Å². The summed E-state index contributed by atoms with van der Waals surface area (Å²) in [4.78, 5) is 20.4. The van der Waals surface area contributed by atoms with E-state index in [1.807, 2.05) is 72.5 Å². The van der Waals surface area contributed by atoms with Crippen LogP contribution in [0, 0.1) is 23.7 Å². The maximum absolute atomic E-state index is 10.2. The molecule has 8 heteroatoms. The smallest absolute Gasteiger partial charge is 0.382 e. The molecule has 8 nitrogen and oxygen atoms in total. The Morgan fingerprint density at radius 2 is 1.00 bits per heavy atom. The minimum Gasteiger partial charge on any atom is -0.472 e. The van der Waals surface area contributed by atoms with E-state index in [1.54, 1.807) is 18.2 Å². The van der Waals surface area contributed by atoms with Gasteiger partial charge >= 0.3 is 11.9 Å². The van der Waals surface area contributed by atoms with E-state index in [0.29, 0.717) is 11.1 Å². The summed E-state index contributed by atoms with van der Waals surface area (Å²) in [5.41, 5.74) is 7.87. The number of carbonyl (C=O) groups is 2. The van der Waals surface area contributed by atoms with Crippen LogP contribution in [0.5, 0.6) is 0 Å². The number of hydrazine groups is 2. The van der Waals surface area contributed by atoms with Crippen LogP contribution in [0.1, 0.15) is 11.1 Å². The second-order valence-electron chi connectivity index (χ2n) is 5.71. The lowest BCUT2D eigenvalue weighted by Gasteiger charge is -1.94. The third-order valence-electron chi connectivity index (χ3n) is 3.37. The van der Waals surface area contributed by atoms with Crippen LogP contribution in [0.25, 0.3) is 0 Å². The number of benzene rings is 3. The molecule has 0 aliphatic heterocycles. The van der Waals surface area contributed by atoms with Gasteiger partial charge in [-0.2, -0.15) is 0 Å². The molecule has 0 saturated heterocycles. The molecule has 0 spiro atoms. The van der Waals surface area contributed by atoms with Crippen molar-refractivity contribution in [3.05, 3.63) is 96.1 Å². The van der Waals surface area contributed by atoms with E-state index >= 15 is 0 Å². The standard InChI is InChI=1S/C12H6O4.2C6H8N2/c13-11(14)6-4-9-2-1-3-10(8-9)5-7-12(15)16;2*7-8-6-4-2-1-3-5-6/h1-3,8H,(H,13,14)(H,15,16);2*1-5,8H,7H2. The Labute approximate surface area is 185 Å². The monoisotopic (exact) mass is 430 g/mol. The Balaban J connectivity index is 0.000000267. The summed E-state index contributed by atoms with van der Waals surface area (Å²) >= 11 is 0. The maximum Gasteiger partial charge on any atom is 0.382 e. The zero-order valence-corrected chi connectivity index (χ0v) is 16.9. The van der Waals surface area contributed by atoms with Gasteiger partial charge in [-0.15, -0.1) is 0 Å². The molecule has 0 atom stereocenters. The highest BCUT2D eigenvalue weighted by Crippen LogP contribution is 2.02. The summed E-state index contributed by atoms with van der Waals surface area (Å²) in [7, 11) is 0. The molecule has 0 saturated carbocycles. The maximum atomic E-state index is 10.2. The number of anilines is 2. The van der Waals surface area contributed by atoms with Gasteiger partial charge in [0.25, 0.3) is 0 Å². The molecule has 32 heavy (non-hydrogen) atoms. The minimum atomic E-state index is -1.22. The first-order valence-electron chi connectivity index (χ1n) is 9.08. The predicted octanol–water partition coefficient (Wildman–Crippen LogP) is 2.50. The van der Waals surface area contributed by atoms with Gasteiger partial charge in [0.15, 0.2) is 0 Å². The van der Waals surface area contributed by atoms with Crippen molar-refractivity contribution < 1.29 is 19.8 Å². The average molecular weight is 430 g/mol. The fourth-order valence-electron chi connectivity index (χ4n) is 1.99. The highest BCUT2D eigenvalue weighted by atomic mass is 16.4. The van der Waals surface area contributed by atoms with E-state index in [4.69, 9.17) is 21.9 Å². The fourth-order valence-corrected chi connectivity index (χ4v) is 1.99. The van der Waals surface area contributed by atoms with Crippen LogP contribution < -0.4 is 22.5 Å². The molecule has 0 bridgehead atoms. The number of hydrogen-bond donors (Lipinski definition) is 6. The van der Waals surface area contributed by atoms with Crippen LogP contribution in [-0.4, -0.2) is 22.2 Å². The highest BCUT2D eigenvalue weighted by Gasteiger charge is 1.92. The quantitative estimate of drug-likeness (QED) is 0.206. The van der Waals surface area contributed by atoms with Gasteiger partial charge in [-0.05, 0) is 42.5 Å². The molecule has 3 aromatic carbocycles. The Hall–Kier alpha value is -4.76. The van der Waals surface area contributed by atoms with Crippen LogP contribution in [-0.2, 0) is 9.59 Å². The molecule has 0 heterocycles.